The minimum absolute atomic E-state index is 0.139. The van der Waals surface area contributed by atoms with E-state index in [9.17, 15) is 9.90 Å². The number of nitrogens with zero attached hydrogens (tertiary/aromatic N) is 3. The van der Waals surface area contributed by atoms with Crippen LogP contribution >= 0.6 is 11.7 Å². The van der Waals surface area contributed by atoms with E-state index in [0.717, 1.165) is 33.7 Å². The molecule has 0 saturated heterocycles. The molecule has 1 amide bonds. The van der Waals surface area contributed by atoms with Crippen LogP contribution in [0.3, 0.4) is 0 Å². The number of benzene rings is 2. The van der Waals surface area contributed by atoms with Crippen molar-refractivity contribution >= 4 is 39.6 Å². The highest BCUT2D eigenvalue weighted by Crippen LogP contribution is 2.25. The molecule has 0 fully saturated rings. The fraction of sp³-hybridized carbons (Fsp3) is 0.167. The van der Waals surface area contributed by atoms with Gasteiger partial charge in [0.25, 0.3) is 5.91 Å². The van der Waals surface area contributed by atoms with E-state index < -0.39 is 6.10 Å². The topological polar surface area (TPSA) is 80.0 Å². The van der Waals surface area contributed by atoms with Gasteiger partial charge in [0, 0.05) is 41.8 Å². The molecule has 25 heavy (non-hydrogen) atoms. The Kier molecular flexibility index (Phi) is 3.95. The van der Waals surface area contributed by atoms with Crippen LogP contribution in [0.5, 0.6) is 0 Å². The van der Waals surface area contributed by atoms with Crippen molar-refractivity contribution in [3.05, 3.63) is 59.8 Å². The Hall–Kier alpha value is -2.77. The SMILES string of the molecule is Cn1cc(C(O)CNC(=O)c2ccc3nsnc3c2)c2ccccc21. The second kappa shape index (κ2) is 6.27. The van der Waals surface area contributed by atoms with Gasteiger partial charge in [-0.3, -0.25) is 4.79 Å². The summed E-state index contributed by atoms with van der Waals surface area (Å²) >= 11 is 1.12. The molecule has 0 aliphatic heterocycles. The van der Waals surface area contributed by atoms with Gasteiger partial charge in [0.2, 0.25) is 0 Å². The average molecular weight is 352 g/mol. The third-order valence-corrected chi connectivity index (χ3v) is 4.82. The number of carbonyl (C=O) groups excluding carboxylic acids is 1. The number of rotatable bonds is 4. The molecule has 2 heterocycles. The second-order valence-corrected chi connectivity index (χ2v) is 6.43. The Morgan fingerprint density at radius 1 is 1.24 bits per heavy atom. The highest BCUT2D eigenvalue weighted by Gasteiger charge is 2.16. The maximum atomic E-state index is 12.3. The molecule has 0 bridgehead atoms. The molecule has 2 aromatic heterocycles. The van der Waals surface area contributed by atoms with Gasteiger partial charge in [0.1, 0.15) is 11.0 Å². The third-order valence-electron chi connectivity index (χ3n) is 4.26. The summed E-state index contributed by atoms with van der Waals surface area (Å²) in [5.74, 6) is -0.241. The Morgan fingerprint density at radius 2 is 2.04 bits per heavy atom. The Morgan fingerprint density at radius 3 is 2.92 bits per heavy atom. The molecule has 0 saturated carbocycles. The lowest BCUT2D eigenvalue weighted by atomic mass is 10.1. The van der Waals surface area contributed by atoms with E-state index in [1.165, 1.54) is 0 Å². The van der Waals surface area contributed by atoms with Crippen LogP contribution in [0.4, 0.5) is 0 Å². The van der Waals surface area contributed by atoms with Crippen LogP contribution in [-0.2, 0) is 7.05 Å². The lowest BCUT2D eigenvalue weighted by Crippen LogP contribution is -2.28. The van der Waals surface area contributed by atoms with E-state index >= 15 is 0 Å². The van der Waals surface area contributed by atoms with Crippen molar-refractivity contribution in [3.8, 4) is 0 Å². The quantitative estimate of drug-likeness (QED) is 0.592. The maximum Gasteiger partial charge on any atom is 0.251 e. The molecule has 126 valence electrons. The van der Waals surface area contributed by atoms with Gasteiger partial charge in [-0.15, -0.1) is 0 Å². The van der Waals surface area contributed by atoms with E-state index in [2.05, 4.69) is 14.1 Å². The Bertz CT molecular complexity index is 1070. The first kappa shape index (κ1) is 15.7. The lowest BCUT2D eigenvalue weighted by molar-refractivity contribution is 0.0917. The monoisotopic (exact) mass is 352 g/mol. The van der Waals surface area contributed by atoms with Gasteiger partial charge >= 0.3 is 0 Å². The molecule has 0 radical (unpaired) electrons. The molecule has 0 spiro atoms. The molecule has 1 unspecified atom stereocenters. The first-order valence-corrected chi connectivity index (χ1v) is 8.59. The summed E-state index contributed by atoms with van der Waals surface area (Å²) in [6.07, 6.45) is 1.12. The summed E-state index contributed by atoms with van der Waals surface area (Å²) < 4.78 is 10.2. The van der Waals surface area contributed by atoms with Crippen LogP contribution in [-0.4, -0.2) is 30.9 Å². The summed E-state index contributed by atoms with van der Waals surface area (Å²) in [7, 11) is 1.94. The third kappa shape index (κ3) is 2.88. The smallest absolute Gasteiger partial charge is 0.251 e. The highest BCUT2D eigenvalue weighted by molar-refractivity contribution is 7.00. The van der Waals surface area contributed by atoms with Gasteiger partial charge in [-0.1, -0.05) is 18.2 Å². The summed E-state index contributed by atoms with van der Waals surface area (Å²) in [6.45, 7) is 0.139. The largest absolute Gasteiger partial charge is 0.386 e. The van der Waals surface area contributed by atoms with E-state index in [1.54, 1.807) is 18.2 Å². The van der Waals surface area contributed by atoms with Crippen LogP contribution in [0.15, 0.2) is 48.7 Å². The average Bonchev–Trinajstić information content (AvgIpc) is 3.23. The summed E-state index contributed by atoms with van der Waals surface area (Å²) in [4.78, 5) is 12.3. The number of amides is 1. The van der Waals surface area contributed by atoms with Crippen molar-refractivity contribution in [3.63, 3.8) is 0 Å². The predicted molar refractivity (Wildman–Crippen MR) is 97.6 cm³/mol. The first-order chi connectivity index (χ1) is 12.1. The molecule has 4 rings (SSSR count). The number of nitrogens with one attached hydrogen (secondary N) is 1. The molecule has 4 aromatic rings. The van der Waals surface area contributed by atoms with Crippen molar-refractivity contribution < 1.29 is 9.90 Å². The van der Waals surface area contributed by atoms with E-state index in [0.29, 0.717) is 11.1 Å². The molecular weight excluding hydrogens is 336 g/mol. The summed E-state index contributed by atoms with van der Waals surface area (Å²) in [5.41, 5.74) is 3.83. The number of aromatic nitrogens is 3. The van der Waals surface area contributed by atoms with Crippen molar-refractivity contribution in [1.29, 1.82) is 0 Å². The van der Waals surface area contributed by atoms with Crippen LogP contribution in [0, 0.1) is 0 Å². The second-order valence-electron chi connectivity index (χ2n) is 5.91. The molecular formula is C18H16N4O2S. The lowest BCUT2D eigenvalue weighted by Gasteiger charge is -2.11. The molecule has 2 aromatic carbocycles. The molecule has 7 heteroatoms. The van der Waals surface area contributed by atoms with Crippen LogP contribution in [0.25, 0.3) is 21.9 Å². The van der Waals surface area contributed by atoms with Gasteiger partial charge < -0.3 is 15.0 Å². The van der Waals surface area contributed by atoms with Gasteiger partial charge in [-0.05, 0) is 24.3 Å². The van der Waals surface area contributed by atoms with Gasteiger partial charge in [-0.25, -0.2) is 0 Å². The van der Waals surface area contributed by atoms with Crippen molar-refractivity contribution in [1.82, 2.24) is 18.6 Å². The Balaban J connectivity index is 1.50. The number of carbonyl (C=O) groups is 1. The first-order valence-electron chi connectivity index (χ1n) is 7.86. The minimum Gasteiger partial charge on any atom is -0.386 e. The van der Waals surface area contributed by atoms with Crippen molar-refractivity contribution in [2.75, 3.05) is 6.54 Å². The Labute approximate surface area is 148 Å². The number of aliphatic hydroxyl groups is 1. The number of fused-ring (bicyclic) bond motifs is 2. The van der Waals surface area contributed by atoms with Crippen molar-refractivity contribution in [2.45, 2.75) is 6.10 Å². The van der Waals surface area contributed by atoms with E-state index in [1.807, 2.05) is 42.1 Å². The zero-order valence-corrected chi connectivity index (χ0v) is 14.3. The normalized spacial score (nSPS) is 12.6. The summed E-state index contributed by atoms with van der Waals surface area (Å²) in [6, 6.07) is 13.1. The number of aliphatic hydroxyl groups excluding tert-OH is 1. The molecule has 0 aliphatic carbocycles. The van der Waals surface area contributed by atoms with Crippen LogP contribution < -0.4 is 5.32 Å². The van der Waals surface area contributed by atoms with Gasteiger partial charge in [0.15, 0.2) is 0 Å². The number of aryl methyl sites for hydroxylation is 1. The van der Waals surface area contributed by atoms with Gasteiger partial charge in [0.05, 0.1) is 17.8 Å². The number of hydrogen-bond donors (Lipinski definition) is 2. The number of para-hydroxylation sites is 1. The standard InChI is InChI=1S/C18H16N4O2S/c1-22-10-13(12-4-2-3-5-16(12)22)17(23)9-19-18(24)11-6-7-14-15(8-11)21-25-20-14/h2-8,10,17,23H,9H2,1H3,(H,19,24). The molecule has 1 atom stereocenters. The maximum absolute atomic E-state index is 12.3. The van der Waals surface area contributed by atoms with E-state index in [-0.39, 0.29) is 12.5 Å². The minimum atomic E-state index is -0.778. The zero-order chi connectivity index (χ0) is 17.4. The fourth-order valence-electron chi connectivity index (χ4n) is 2.96. The highest BCUT2D eigenvalue weighted by atomic mass is 32.1. The van der Waals surface area contributed by atoms with Gasteiger partial charge in [-0.2, -0.15) is 8.75 Å². The fourth-order valence-corrected chi connectivity index (χ4v) is 3.48. The van der Waals surface area contributed by atoms with E-state index in [4.69, 9.17) is 0 Å². The number of hydrogen-bond acceptors (Lipinski definition) is 5. The van der Waals surface area contributed by atoms with Crippen molar-refractivity contribution in [2.24, 2.45) is 7.05 Å². The van der Waals surface area contributed by atoms with Crippen LogP contribution in [0.1, 0.15) is 22.0 Å². The predicted octanol–water partition coefficient (Wildman–Crippen LogP) is 2.65. The van der Waals surface area contributed by atoms with Crippen LogP contribution in [0.2, 0.25) is 0 Å². The molecule has 0 aliphatic rings. The molecule has 2 N–H and O–H groups in total. The molecule has 6 nitrogen and oxygen atoms in total. The summed E-state index contributed by atoms with van der Waals surface area (Å²) in [5, 5.41) is 14.3. The zero-order valence-electron chi connectivity index (χ0n) is 13.5.